The van der Waals surface area contributed by atoms with Crippen LogP contribution in [0.3, 0.4) is 0 Å². The predicted molar refractivity (Wildman–Crippen MR) is 240 cm³/mol. The molecule has 0 aliphatic heterocycles. The monoisotopic (exact) mass is 733 g/mol. The second kappa shape index (κ2) is 14.9. The zero-order chi connectivity index (χ0) is 38.2. The first-order chi connectivity index (χ1) is 28.2. The molecule has 0 N–H and O–H groups in total. The molecular formula is C56H47N. The molecule has 2 aliphatic rings. The molecule has 276 valence electrons. The minimum Gasteiger partial charge on any atom is -0.310 e. The lowest BCUT2D eigenvalue weighted by atomic mass is 9.67. The van der Waals surface area contributed by atoms with Crippen molar-refractivity contribution in [3.63, 3.8) is 0 Å². The van der Waals surface area contributed by atoms with Crippen LogP contribution in [0.2, 0.25) is 0 Å². The molecule has 1 nitrogen and oxygen atoms in total. The molecule has 0 heterocycles. The van der Waals surface area contributed by atoms with Gasteiger partial charge in [0.2, 0.25) is 0 Å². The lowest BCUT2D eigenvalue weighted by Crippen LogP contribution is -2.29. The van der Waals surface area contributed by atoms with Crippen molar-refractivity contribution in [2.45, 2.75) is 50.4 Å². The van der Waals surface area contributed by atoms with Crippen LogP contribution in [0.1, 0.15) is 71.4 Å². The summed E-state index contributed by atoms with van der Waals surface area (Å²) in [6.45, 7) is 2.22. The molecule has 0 bridgehead atoms. The van der Waals surface area contributed by atoms with Gasteiger partial charge in [-0.25, -0.2) is 0 Å². The number of para-hydroxylation sites is 1. The van der Waals surface area contributed by atoms with Crippen molar-refractivity contribution in [1.82, 2.24) is 0 Å². The van der Waals surface area contributed by atoms with Gasteiger partial charge in [0.05, 0.1) is 11.1 Å². The van der Waals surface area contributed by atoms with Gasteiger partial charge in [-0.05, 0) is 112 Å². The maximum absolute atomic E-state index is 2.51. The summed E-state index contributed by atoms with van der Waals surface area (Å²) >= 11 is 0. The van der Waals surface area contributed by atoms with Gasteiger partial charge in [-0.3, -0.25) is 0 Å². The lowest BCUT2D eigenvalue weighted by molar-refractivity contribution is 0.443. The molecule has 10 rings (SSSR count). The minimum atomic E-state index is -0.495. The predicted octanol–water partition coefficient (Wildman–Crippen LogP) is 15.2. The van der Waals surface area contributed by atoms with Crippen molar-refractivity contribution in [3.8, 4) is 33.4 Å². The minimum absolute atomic E-state index is 0.495. The van der Waals surface area contributed by atoms with Crippen LogP contribution in [0.15, 0.2) is 200 Å². The fourth-order valence-electron chi connectivity index (χ4n) is 9.97. The summed E-state index contributed by atoms with van der Waals surface area (Å²) in [5.41, 5.74) is 18.4. The highest BCUT2D eigenvalue weighted by Crippen LogP contribution is 2.58. The fraction of sp³-hybridized carbons (Fsp3) is 0.143. The molecule has 0 spiro atoms. The van der Waals surface area contributed by atoms with E-state index in [4.69, 9.17) is 0 Å². The Labute approximate surface area is 337 Å². The highest BCUT2D eigenvalue weighted by Gasteiger charge is 2.46. The molecule has 1 heteroatoms. The topological polar surface area (TPSA) is 3.24 Å². The summed E-state index contributed by atoms with van der Waals surface area (Å²) in [5, 5.41) is 0. The van der Waals surface area contributed by atoms with Crippen LogP contribution in [0.25, 0.3) is 33.4 Å². The van der Waals surface area contributed by atoms with Crippen LogP contribution in [0.4, 0.5) is 17.1 Å². The van der Waals surface area contributed by atoms with Crippen molar-refractivity contribution in [2.24, 2.45) is 0 Å². The number of anilines is 3. The maximum Gasteiger partial charge on any atom is 0.0714 e. The Kier molecular flexibility index (Phi) is 9.15. The molecule has 8 aromatic rings. The van der Waals surface area contributed by atoms with Crippen LogP contribution in [0, 0.1) is 6.92 Å². The van der Waals surface area contributed by atoms with Crippen molar-refractivity contribution in [2.75, 3.05) is 4.90 Å². The van der Waals surface area contributed by atoms with Gasteiger partial charge in [-0.1, -0.05) is 195 Å². The first kappa shape index (κ1) is 35.0. The molecule has 1 fully saturated rings. The van der Waals surface area contributed by atoms with Gasteiger partial charge in [0.15, 0.2) is 0 Å². The van der Waals surface area contributed by atoms with Crippen molar-refractivity contribution in [1.29, 1.82) is 0 Å². The highest BCUT2D eigenvalue weighted by molar-refractivity contribution is 5.95. The van der Waals surface area contributed by atoms with Gasteiger partial charge in [-0.15, -0.1) is 0 Å². The molecule has 1 saturated carbocycles. The van der Waals surface area contributed by atoms with Crippen LogP contribution >= 0.6 is 0 Å². The molecule has 0 aromatic heterocycles. The molecule has 0 amide bonds. The normalized spacial score (nSPS) is 14.5. The van der Waals surface area contributed by atoms with Crippen molar-refractivity contribution < 1.29 is 0 Å². The van der Waals surface area contributed by atoms with E-state index < -0.39 is 5.41 Å². The number of nitrogens with zero attached hydrogens (tertiary/aromatic N) is 1. The number of rotatable bonds is 8. The van der Waals surface area contributed by atoms with Crippen molar-refractivity contribution >= 4 is 17.1 Å². The number of hydrogen-bond acceptors (Lipinski definition) is 1. The Hall–Kier alpha value is -6.44. The Morgan fingerprint density at radius 3 is 1.61 bits per heavy atom. The van der Waals surface area contributed by atoms with E-state index in [1.54, 1.807) is 0 Å². The summed E-state index contributed by atoms with van der Waals surface area (Å²) in [6.07, 6.45) is 6.59. The highest BCUT2D eigenvalue weighted by atomic mass is 15.1. The van der Waals surface area contributed by atoms with Gasteiger partial charge in [-0.2, -0.15) is 0 Å². The third-order valence-corrected chi connectivity index (χ3v) is 12.6. The zero-order valence-corrected chi connectivity index (χ0v) is 32.6. The molecule has 0 unspecified atom stereocenters. The Bertz CT molecular complexity index is 2610. The number of aryl methyl sites for hydroxylation is 1. The second-order valence-electron chi connectivity index (χ2n) is 16.0. The summed E-state index contributed by atoms with van der Waals surface area (Å²) in [6, 6.07) is 74.8. The largest absolute Gasteiger partial charge is 0.310 e. The molecule has 8 aromatic carbocycles. The molecule has 57 heavy (non-hydrogen) atoms. The van der Waals surface area contributed by atoms with Gasteiger partial charge < -0.3 is 4.90 Å². The van der Waals surface area contributed by atoms with Gasteiger partial charge in [0.1, 0.15) is 0 Å². The van der Waals surface area contributed by atoms with E-state index in [-0.39, 0.29) is 0 Å². The van der Waals surface area contributed by atoms with Crippen molar-refractivity contribution in [3.05, 3.63) is 234 Å². The van der Waals surface area contributed by atoms with E-state index >= 15 is 0 Å². The number of benzene rings is 8. The summed E-state index contributed by atoms with van der Waals surface area (Å²) < 4.78 is 0. The second-order valence-corrected chi connectivity index (χ2v) is 16.0. The van der Waals surface area contributed by atoms with Crippen LogP contribution < -0.4 is 4.90 Å². The van der Waals surface area contributed by atoms with E-state index in [1.807, 2.05) is 0 Å². The fourth-order valence-corrected chi connectivity index (χ4v) is 9.97. The van der Waals surface area contributed by atoms with E-state index in [9.17, 15) is 0 Å². The lowest BCUT2D eigenvalue weighted by Gasteiger charge is -2.35. The molecule has 0 atom stereocenters. The van der Waals surface area contributed by atoms with E-state index in [1.165, 1.54) is 98.9 Å². The summed E-state index contributed by atoms with van der Waals surface area (Å²) in [7, 11) is 0. The molecule has 0 radical (unpaired) electrons. The Balaban J connectivity index is 1.22. The standard InChI is InChI=1S/C56H47N/c1-40-30-36-50-51-37-35-47(39-54(51)56(53(50)38-40,44-22-10-4-11-23-44)45-24-12-5-13-25-45)57(46-33-31-42(32-34-46)41-18-6-2-7-19-41)55-29-17-16-28-52(55)49-27-15-14-26-48(49)43-20-8-3-9-21-43/h3-5,8-17,20-39,41H,2,6-7,18-19H2,1H3. The van der Waals surface area contributed by atoms with E-state index in [0.717, 1.165) is 17.1 Å². The third kappa shape index (κ3) is 6.10. The van der Waals surface area contributed by atoms with Crippen LogP contribution in [-0.2, 0) is 5.41 Å². The average Bonchev–Trinajstić information content (AvgIpc) is 3.57. The first-order valence-corrected chi connectivity index (χ1v) is 20.7. The SMILES string of the molecule is Cc1ccc2c(c1)C(c1ccccc1)(c1ccccc1)c1cc(N(c3ccc(C4CCCCC4)cc3)c3ccccc3-c3ccccc3-c3ccccc3)ccc1-2. The number of hydrogen-bond donors (Lipinski definition) is 0. The number of fused-ring (bicyclic) bond motifs is 3. The van der Waals surface area contributed by atoms with E-state index in [2.05, 4.69) is 212 Å². The van der Waals surface area contributed by atoms with Crippen LogP contribution in [0.5, 0.6) is 0 Å². The first-order valence-electron chi connectivity index (χ1n) is 20.7. The summed E-state index contributed by atoms with van der Waals surface area (Å²) in [4.78, 5) is 2.51. The molecular weight excluding hydrogens is 687 g/mol. The Morgan fingerprint density at radius 2 is 0.947 bits per heavy atom. The average molecular weight is 734 g/mol. The Morgan fingerprint density at radius 1 is 0.421 bits per heavy atom. The third-order valence-electron chi connectivity index (χ3n) is 12.6. The van der Waals surface area contributed by atoms with Crippen LogP contribution in [-0.4, -0.2) is 0 Å². The summed E-state index contributed by atoms with van der Waals surface area (Å²) in [5.74, 6) is 0.644. The molecule has 0 saturated heterocycles. The van der Waals surface area contributed by atoms with Gasteiger partial charge in [0.25, 0.3) is 0 Å². The van der Waals surface area contributed by atoms with E-state index in [0.29, 0.717) is 5.92 Å². The smallest absolute Gasteiger partial charge is 0.0714 e. The molecule has 2 aliphatic carbocycles. The zero-order valence-electron chi connectivity index (χ0n) is 32.6. The van der Waals surface area contributed by atoms with Gasteiger partial charge >= 0.3 is 0 Å². The van der Waals surface area contributed by atoms with Gasteiger partial charge in [0, 0.05) is 16.9 Å². The quantitative estimate of drug-likeness (QED) is 0.150. The maximum atomic E-state index is 2.51.